The molecule has 1 fully saturated rings. The maximum Gasteiger partial charge on any atom is 0.221 e. The Bertz CT molecular complexity index is 367. The van der Waals surface area contributed by atoms with E-state index in [1.54, 1.807) is 11.3 Å². The molecule has 1 aliphatic heterocycles. The van der Waals surface area contributed by atoms with Crippen LogP contribution in [-0.4, -0.2) is 18.5 Å². The van der Waals surface area contributed by atoms with Crippen molar-refractivity contribution < 1.29 is 4.79 Å². The molecule has 0 spiro atoms. The van der Waals surface area contributed by atoms with Crippen LogP contribution >= 0.6 is 27.3 Å². The number of halogens is 1. The summed E-state index contributed by atoms with van der Waals surface area (Å²) in [6.45, 7) is 1.68. The van der Waals surface area contributed by atoms with Gasteiger partial charge in [0, 0.05) is 40.3 Å². The van der Waals surface area contributed by atoms with Crippen LogP contribution in [0.1, 0.15) is 24.1 Å². The van der Waals surface area contributed by atoms with Crippen LogP contribution in [0.2, 0.25) is 0 Å². The van der Waals surface area contributed by atoms with E-state index in [1.165, 1.54) is 4.88 Å². The number of rotatable bonds is 3. The highest BCUT2D eigenvalue weighted by molar-refractivity contribution is 9.10. The summed E-state index contributed by atoms with van der Waals surface area (Å²) in [5.74, 6) is 0.169. The molecule has 0 bridgehead atoms. The molecular formula is C11H15BrN2OS. The minimum atomic E-state index is 0.169. The second-order valence-corrected chi connectivity index (χ2v) is 5.92. The van der Waals surface area contributed by atoms with E-state index in [4.69, 9.17) is 0 Å². The van der Waals surface area contributed by atoms with E-state index < -0.39 is 0 Å². The average molecular weight is 303 g/mol. The van der Waals surface area contributed by atoms with Gasteiger partial charge in [-0.05, 0) is 34.8 Å². The third kappa shape index (κ3) is 3.57. The Labute approximate surface area is 108 Å². The quantitative estimate of drug-likeness (QED) is 0.899. The van der Waals surface area contributed by atoms with Crippen molar-refractivity contribution in [2.45, 2.75) is 31.8 Å². The van der Waals surface area contributed by atoms with Gasteiger partial charge < -0.3 is 10.6 Å². The highest BCUT2D eigenvalue weighted by Crippen LogP contribution is 2.20. The molecule has 2 heterocycles. The van der Waals surface area contributed by atoms with Crippen LogP contribution in [0.4, 0.5) is 0 Å². The van der Waals surface area contributed by atoms with E-state index in [0.29, 0.717) is 12.5 Å². The Kier molecular flexibility index (Phi) is 4.37. The maximum absolute atomic E-state index is 11.4. The summed E-state index contributed by atoms with van der Waals surface area (Å²) in [4.78, 5) is 12.7. The van der Waals surface area contributed by atoms with Crippen molar-refractivity contribution in [3.63, 3.8) is 0 Å². The summed E-state index contributed by atoms with van der Waals surface area (Å²) in [7, 11) is 0. The molecule has 1 unspecified atom stereocenters. The molecule has 1 amide bonds. The molecule has 0 aromatic carbocycles. The van der Waals surface area contributed by atoms with E-state index >= 15 is 0 Å². The molecule has 88 valence electrons. The third-order valence-electron chi connectivity index (χ3n) is 2.67. The van der Waals surface area contributed by atoms with Gasteiger partial charge in [-0.2, -0.15) is 0 Å². The van der Waals surface area contributed by atoms with Crippen molar-refractivity contribution in [2.24, 2.45) is 0 Å². The molecule has 3 nitrogen and oxygen atoms in total. The monoisotopic (exact) mass is 302 g/mol. The summed E-state index contributed by atoms with van der Waals surface area (Å²) >= 11 is 5.17. The average Bonchev–Trinajstić information content (AvgIpc) is 2.55. The molecule has 1 aromatic rings. The van der Waals surface area contributed by atoms with Crippen molar-refractivity contribution >= 4 is 33.2 Å². The largest absolute Gasteiger partial charge is 0.356 e. The van der Waals surface area contributed by atoms with Crippen LogP contribution < -0.4 is 10.6 Å². The summed E-state index contributed by atoms with van der Waals surface area (Å²) in [6.07, 6.45) is 2.75. The number of amides is 1. The molecule has 1 saturated heterocycles. The Balaban J connectivity index is 1.82. The highest BCUT2D eigenvalue weighted by Gasteiger charge is 2.16. The number of thiophene rings is 1. The molecule has 1 atom stereocenters. The fraction of sp³-hybridized carbons (Fsp3) is 0.545. The molecule has 2 rings (SSSR count). The van der Waals surface area contributed by atoms with Gasteiger partial charge in [0.1, 0.15) is 0 Å². The molecule has 0 saturated carbocycles. The van der Waals surface area contributed by atoms with Gasteiger partial charge in [0.15, 0.2) is 0 Å². The number of carbonyl (C=O) groups is 1. The molecule has 2 N–H and O–H groups in total. The van der Waals surface area contributed by atoms with Crippen molar-refractivity contribution in [2.75, 3.05) is 6.54 Å². The maximum atomic E-state index is 11.4. The SMILES string of the molecule is O=C1CC(NCc2cc(Br)cs2)CCCN1. The predicted octanol–water partition coefficient (Wildman–Crippen LogP) is 2.27. The summed E-state index contributed by atoms with van der Waals surface area (Å²) < 4.78 is 1.13. The van der Waals surface area contributed by atoms with E-state index in [9.17, 15) is 4.79 Å². The summed E-state index contributed by atoms with van der Waals surface area (Å²) in [6, 6.07) is 2.44. The predicted molar refractivity (Wildman–Crippen MR) is 69.5 cm³/mol. The van der Waals surface area contributed by atoms with Gasteiger partial charge in [0.2, 0.25) is 5.91 Å². The molecule has 1 aliphatic rings. The van der Waals surface area contributed by atoms with Gasteiger partial charge in [-0.3, -0.25) is 4.79 Å². The van der Waals surface area contributed by atoms with Gasteiger partial charge in [0.05, 0.1) is 0 Å². The molecule has 0 radical (unpaired) electrons. The third-order valence-corrected chi connectivity index (χ3v) is 4.37. The Morgan fingerprint density at radius 3 is 3.25 bits per heavy atom. The molecular weight excluding hydrogens is 288 g/mol. The normalized spacial score (nSPS) is 21.6. The standard InChI is InChI=1S/C11H15BrN2OS/c12-8-4-10(16-7-8)6-14-9-2-1-3-13-11(15)5-9/h4,7,9,14H,1-3,5-6H2,(H,13,15). The lowest BCUT2D eigenvalue weighted by Crippen LogP contribution is -2.31. The van der Waals surface area contributed by atoms with Crippen molar-refractivity contribution in [1.82, 2.24) is 10.6 Å². The zero-order chi connectivity index (χ0) is 11.4. The fourth-order valence-corrected chi connectivity index (χ4v) is 3.24. The van der Waals surface area contributed by atoms with Crippen LogP contribution in [0, 0.1) is 0 Å². The topological polar surface area (TPSA) is 41.1 Å². The van der Waals surface area contributed by atoms with Crippen LogP contribution in [0.5, 0.6) is 0 Å². The fourth-order valence-electron chi connectivity index (χ4n) is 1.84. The van der Waals surface area contributed by atoms with Gasteiger partial charge >= 0.3 is 0 Å². The highest BCUT2D eigenvalue weighted by atomic mass is 79.9. The lowest BCUT2D eigenvalue weighted by atomic mass is 10.1. The van der Waals surface area contributed by atoms with Crippen LogP contribution in [0.15, 0.2) is 15.9 Å². The smallest absolute Gasteiger partial charge is 0.221 e. The van der Waals surface area contributed by atoms with Crippen LogP contribution in [-0.2, 0) is 11.3 Å². The molecule has 5 heteroatoms. The first-order valence-corrected chi connectivity index (χ1v) is 7.14. The van der Waals surface area contributed by atoms with Gasteiger partial charge in [-0.15, -0.1) is 11.3 Å². The van der Waals surface area contributed by atoms with Crippen LogP contribution in [0.25, 0.3) is 0 Å². The lowest BCUT2D eigenvalue weighted by molar-refractivity contribution is -0.121. The van der Waals surface area contributed by atoms with Gasteiger partial charge in [-0.25, -0.2) is 0 Å². The second kappa shape index (κ2) is 5.80. The number of carbonyl (C=O) groups excluding carboxylic acids is 1. The first-order chi connectivity index (χ1) is 7.74. The van der Waals surface area contributed by atoms with Crippen molar-refractivity contribution in [3.05, 3.63) is 20.8 Å². The lowest BCUT2D eigenvalue weighted by Gasteiger charge is -2.13. The Morgan fingerprint density at radius 1 is 1.62 bits per heavy atom. The minimum absolute atomic E-state index is 0.169. The van der Waals surface area contributed by atoms with E-state index in [0.717, 1.165) is 30.4 Å². The van der Waals surface area contributed by atoms with E-state index in [1.807, 2.05) is 0 Å². The number of hydrogen-bond donors (Lipinski definition) is 2. The Hall–Kier alpha value is -0.390. The van der Waals surface area contributed by atoms with Crippen molar-refractivity contribution in [1.29, 1.82) is 0 Å². The van der Waals surface area contributed by atoms with Gasteiger partial charge in [0.25, 0.3) is 0 Å². The molecule has 0 aliphatic carbocycles. The first-order valence-electron chi connectivity index (χ1n) is 5.47. The zero-order valence-electron chi connectivity index (χ0n) is 8.96. The van der Waals surface area contributed by atoms with E-state index in [2.05, 4.69) is 38.0 Å². The molecule has 16 heavy (non-hydrogen) atoms. The van der Waals surface area contributed by atoms with Crippen molar-refractivity contribution in [3.8, 4) is 0 Å². The molecule has 1 aromatic heterocycles. The summed E-state index contributed by atoms with van der Waals surface area (Å²) in [5.41, 5.74) is 0. The number of hydrogen-bond acceptors (Lipinski definition) is 3. The number of nitrogens with one attached hydrogen (secondary N) is 2. The second-order valence-electron chi connectivity index (χ2n) is 4.01. The summed E-state index contributed by atoms with van der Waals surface area (Å²) in [5, 5.41) is 8.42. The van der Waals surface area contributed by atoms with E-state index in [-0.39, 0.29) is 5.91 Å². The first kappa shape index (κ1) is 12.1. The van der Waals surface area contributed by atoms with Gasteiger partial charge in [-0.1, -0.05) is 0 Å². The minimum Gasteiger partial charge on any atom is -0.356 e. The zero-order valence-corrected chi connectivity index (χ0v) is 11.4. The Morgan fingerprint density at radius 2 is 2.50 bits per heavy atom. The van der Waals surface area contributed by atoms with Crippen LogP contribution in [0.3, 0.4) is 0 Å².